The van der Waals surface area contributed by atoms with Gasteiger partial charge < -0.3 is 10.2 Å². The van der Waals surface area contributed by atoms with Gasteiger partial charge in [-0.25, -0.2) is 5.01 Å². The van der Waals surface area contributed by atoms with Gasteiger partial charge in [0, 0.05) is 43.1 Å². The molecule has 128 valence electrons. The van der Waals surface area contributed by atoms with Crippen LogP contribution in [0.25, 0.3) is 22.2 Å². The van der Waals surface area contributed by atoms with Gasteiger partial charge in [0.25, 0.3) is 0 Å². The van der Waals surface area contributed by atoms with E-state index in [1.807, 2.05) is 12.4 Å². The minimum absolute atomic E-state index is 0.498. The van der Waals surface area contributed by atoms with Gasteiger partial charge in [0.1, 0.15) is 5.52 Å². The molecule has 1 saturated heterocycles. The first kappa shape index (κ1) is 15.0. The van der Waals surface area contributed by atoms with Crippen LogP contribution in [-0.2, 0) is 17.7 Å². The van der Waals surface area contributed by atoms with E-state index in [0.29, 0.717) is 6.04 Å². The van der Waals surface area contributed by atoms with Crippen LogP contribution in [0.15, 0.2) is 24.5 Å². The number of hydrogen-bond acceptors (Lipinski definition) is 6. The molecule has 25 heavy (non-hydrogen) atoms. The number of aryl methyl sites for hydroxylation is 1. The molecule has 1 aromatic rings. The summed E-state index contributed by atoms with van der Waals surface area (Å²) in [5, 5.41) is 11.0. The largest absolute Gasteiger partial charge is 0.381 e. The molecular weight excluding hydrogens is 314 g/mol. The summed E-state index contributed by atoms with van der Waals surface area (Å²) in [4.78, 5) is 4.81. The van der Waals surface area contributed by atoms with E-state index < -0.39 is 0 Å². The highest BCUT2D eigenvalue weighted by Crippen LogP contribution is 2.42. The maximum atomic E-state index is 5.51. The van der Waals surface area contributed by atoms with Crippen LogP contribution < -0.4 is 5.43 Å². The van der Waals surface area contributed by atoms with Gasteiger partial charge in [-0.15, -0.1) is 5.10 Å². The second-order valence-corrected chi connectivity index (χ2v) is 6.82. The molecule has 1 aliphatic carbocycles. The summed E-state index contributed by atoms with van der Waals surface area (Å²) in [6, 6.07) is 4.80. The second kappa shape index (κ2) is 5.89. The van der Waals surface area contributed by atoms with Crippen molar-refractivity contribution < 1.29 is 4.74 Å². The van der Waals surface area contributed by atoms with Crippen LogP contribution in [0.4, 0.5) is 5.69 Å². The second-order valence-electron chi connectivity index (χ2n) is 6.82. The highest BCUT2D eigenvalue weighted by atomic mass is 16.5. The molecule has 0 unspecified atom stereocenters. The summed E-state index contributed by atoms with van der Waals surface area (Å²) in [5.74, 6) is 0. The molecule has 0 aromatic carbocycles. The van der Waals surface area contributed by atoms with E-state index in [1.165, 1.54) is 11.1 Å². The average molecular weight is 335 g/mol. The molecule has 0 bridgehead atoms. The summed E-state index contributed by atoms with van der Waals surface area (Å²) in [6.45, 7) is 4.66. The lowest BCUT2D eigenvalue weighted by Crippen LogP contribution is -2.44. The van der Waals surface area contributed by atoms with Crippen molar-refractivity contribution in [2.75, 3.05) is 18.6 Å². The Balaban J connectivity index is 1.63. The molecule has 4 aliphatic rings. The summed E-state index contributed by atoms with van der Waals surface area (Å²) in [5.41, 5.74) is 11.4. The van der Waals surface area contributed by atoms with Gasteiger partial charge in [0.2, 0.25) is 0 Å². The fraction of sp³-hybridized carbons (Fsp3) is 0.421. The lowest BCUT2D eigenvalue weighted by molar-refractivity contribution is 0.0396. The van der Waals surface area contributed by atoms with Crippen LogP contribution in [0.3, 0.4) is 0 Å². The van der Waals surface area contributed by atoms with Crippen molar-refractivity contribution in [1.82, 2.24) is 20.2 Å². The van der Waals surface area contributed by atoms with Crippen LogP contribution in [0, 0.1) is 0 Å². The number of nitrogens with one attached hydrogen (secondary N) is 1. The molecule has 0 radical (unpaired) electrons. The number of ether oxygens (including phenoxy) is 1. The topological polar surface area (TPSA) is 63.2 Å². The van der Waals surface area contributed by atoms with E-state index in [0.717, 1.165) is 66.9 Å². The van der Waals surface area contributed by atoms with Gasteiger partial charge in [-0.2, -0.15) is 5.10 Å². The van der Waals surface area contributed by atoms with E-state index in [4.69, 9.17) is 9.72 Å². The van der Waals surface area contributed by atoms with Gasteiger partial charge in [0.05, 0.1) is 17.4 Å². The monoisotopic (exact) mass is 335 g/mol. The lowest BCUT2D eigenvalue weighted by Gasteiger charge is -2.37. The lowest BCUT2D eigenvalue weighted by atomic mass is 10.0. The fourth-order valence-electron chi connectivity index (χ4n) is 4.04. The standard InChI is InChI=1S/C19H21N5O/c1-2-12-10-21-22-19-15-3-4-16-17(15)13(9-20-18(12)19)11-24(23-16)14-5-7-25-8-6-14/h3-4,9-10,14,23H,2,5-8,11H2,1H3. The van der Waals surface area contributed by atoms with E-state index >= 15 is 0 Å². The molecule has 4 heterocycles. The van der Waals surface area contributed by atoms with Crippen LogP contribution >= 0.6 is 0 Å². The first-order chi connectivity index (χ1) is 12.3. The molecule has 0 saturated carbocycles. The number of anilines is 1. The molecule has 1 N–H and O–H groups in total. The summed E-state index contributed by atoms with van der Waals surface area (Å²) in [6.07, 6.45) is 6.89. The molecule has 0 atom stereocenters. The minimum atomic E-state index is 0.498. The highest BCUT2D eigenvalue weighted by Gasteiger charge is 2.29. The zero-order chi connectivity index (χ0) is 16.8. The molecule has 3 aliphatic heterocycles. The van der Waals surface area contributed by atoms with Crippen molar-refractivity contribution in [2.45, 2.75) is 38.8 Å². The molecule has 1 fully saturated rings. The Morgan fingerprint density at radius 2 is 2.08 bits per heavy atom. The molecular formula is C19H21N5O. The highest BCUT2D eigenvalue weighted by molar-refractivity contribution is 5.99. The Kier molecular flexibility index (Phi) is 3.53. The molecule has 0 spiro atoms. The van der Waals surface area contributed by atoms with Crippen molar-refractivity contribution in [3.8, 4) is 11.1 Å². The third kappa shape index (κ3) is 2.36. The number of hydrogen-bond donors (Lipinski definition) is 1. The summed E-state index contributed by atoms with van der Waals surface area (Å²) < 4.78 is 5.51. The number of aromatic nitrogens is 3. The van der Waals surface area contributed by atoms with Gasteiger partial charge >= 0.3 is 0 Å². The maximum Gasteiger partial charge on any atom is 0.120 e. The first-order valence-electron chi connectivity index (χ1n) is 9.01. The SMILES string of the molecule is CCc1cnnc2c3ccc4c-3c(cnc12)CN(C1CCOCC1)N4. The minimum Gasteiger partial charge on any atom is -0.381 e. The molecule has 6 nitrogen and oxygen atoms in total. The zero-order valence-electron chi connectivity index (χ0n) is 14.3. The Morgan fingerprint density at radius 3 is 2.92 bits per heavy atom. The number of fused-ring (bicyclic) bond motifs is 2. The molecule has 0 amide bonds. The van der Waals surface area contributed by atoms with Crippen LogP contribution in [-0.4, -0.2) is 39.4 Å². The normalized spacial score (nSPS) is 18.6. The predicted octanol–water partition coefficient (Wildman–Crippen LogP) is 3.01. The van der Waals surface area contributed by atoms with Crippen molar-refractivity contribution in [1.29, 1.82) is 0 Å². The molecule has 5 rings (SSSR count). The third-order valence-corrected chi connectivity index (χ3v) is 5.40. The summed E-state index contributed by atoms with van der Waals surface area (Å²) in [7, 11) is 0. The summed E-state index contributed by atoms with van der Waals surface area (Å²) >= 11 is 0. The third-order valence-electron chi connectivity index (χ3n) is 5.40. The van der Waals surface area contributed by atoms with E-state index in [1.54, 1.807) is 0 Å². The van der Waals surface area contributed by atoms with Gasteiger partial charge in [0.15, 0.2) is 0 Å². The smallest absolute Gasteiger partial charge is 0.120 e. The van der Waals surface area contributed by atoms with Crippen LogP contribution in [0.5, 0.6) is 0 Å². The van der Waals surface area contributed by atoms with Crippen LogP contribution in [0.2, 0.25) is 0 Å². The zero-order valence-corrected chi connectivity index (χ0v) is 14.3. The fourth-order valence-corrected chi connectivity index (χ4v) is 4.04. The number of nitrogens with zero attached hydrogens (tertiary/aromatic N) is 4. The Hall–Kier alpha value is -2.31. The van der Waals surface area contributed by atoms with E-state index in [9.17, 15) is 0 Å². The Morgan fingerprint density at radius 1 is 1.20 bits per heavy atom. The predicted molar refractivity (Wildman–Crippen MR) is 96.3 cm³/mol. The van der Waals surface area contributed by atoms with Gasteiger partial charge in [-0.05, 0) is 42.5 Å². The quantitative estimate of drug-likeness (QED) is 0.777. The molecule has 6 heteroatoms. The van der Waals surface area contributed by atoms with Crippen LogP contribution in [0.1, 0.15) is 30.9 Å². The molecule has 1 aromatic heterocycles. The van der Waals surface area contributed by atoms with Crippen molar-refractivity contribution in [3.05, 3.63) is 35.7 Å². The van der Waals surface area contributed by atoms with Gasteiger partial charge in [-0.1, -0.05) is 6.92 Å². The number of hydrazine groups is 1. The van der Waals surface area contributed by atoms with Crippen molar-refractivity contribution >= 4 is 16.7 Å². The first-order valence-corrected chi connectivity index (χ1v) is 9.01. The number of rotatable bonds is 2. The van der Waals surface area contributed by atoms with Gasteiger partial charge in [-0.3, -0.25) is 4.98 Å². The van der Waals surface area contributed by atoms with E-state index in [-0.39, 0.29) is 0 Å². The average Bonchev–Trinajstić information content (AvgIpc) is 3.02. The van der Waals surface area contributed by atoms with Crippen molar-refractivity contribution in [2.24, 2.45) is 0 Å². The maximum absolute atomic E-state index is 5.51. The van der Waals surface area contributed by atoms with E-state index in [2.05, 4.69) is 39.7 Å². The Bertz CT molecular complexity index is 906. The Labute approximate surface area is 146 Å². The van der Waals surface area contributed by atoms with Crippen molar-refractivity contribution in [3.63, 3.8) is 0 Å².